The fourth-order valence-electron chi connectivity index (χ4n) is 2.98. The minimum atomic E-state index is -0.948. The lowest BCUT2D eigenvalue weighted by molar-refractivity contribution is -0.140. The molecule has 1 aromatic carbocycles. The maximum atomic E-state index is 12.5. The second-order valence-electron chi connectivity index (χ2n) is 6.28. The van der Waals surface area contributed by atoms with Crippen LogP contribution in [0.2, 0.25) is 0 Å². The number of aryl methyl sites for hydroxylation is 1. The van der Waals surface area contributed by atoms with Gasteiger partial charge in [0.1, 0.15) is 0 Å². The highest BCUT2D eigenvalue weighted by Crippen LogP contribution is 2.58. The Balaban J connectivity index is 1.85. The van der Waals surface area contributed by atoms with Gasteiger partial charge in [0, 0.05) is 6.92 Å². The van der Waals surface area contributed by atoms with Crippen LogP contribution >= 0.6 is 0 Å². The second-order valence-corrected chi connectivity index (χ2v) is 6.28. The Labute approximate surface area is 132 Å². The molecular weight excluding hydrogens is 298 g/mol. The van der Waals surface area contributed by atoms with Gasteiger partial charge in [0.15, 0.2) is 0 Å². The molecule has 1 saturated carbocycles. The van der Waals surface area contributed by atoms with E-state index in [9.17, 15) is 14.7 Å². The summed E-state index contributed by atoms with van der Waals surface area (Å²) >= 11 is 0. The molecule has 2 N–H and O–H groups in total. The van der Waals surface area contributed by atoms with E-state index in [0.29, 0.717) is 23.0 Å². The SMILES string of the molecule is Cc1nnc(-c2ccccc2NC(=O)[C@H]2[C@H](C(=O)O)C2(C)C)o1. The summed E-state index contributed by atoms with van der Waals surface area (Å²) in [5.41, 5.74) is 0.575. The molecule has 0 radical (unpaired) electrons. The minimum Gasteiger partial charge on any atom is -0.481 e. The van der Waals surface area contributed by atoms with Gasteiger partial charge < -0.3 is 14.8 Å². The molecule has 0 aliphatic heterocycles. The smallest absolute Gasteiger partial charge is 0.307 e. The van der Waals surface area contributed by atoms with Crippen molar-refractivity contribution in [3.63, 3.8) is 0 Å². The number of aliphatic carboxylic acids is 1. The van der Waals surface area contributed by atoms with Crippen molar-refractivity contribution in [1.82, 2.24) is 10.2 Å². The van der Waals surface area contributed by atoms with E-state index >= 15 is 0 Å². The van der Waals surface area contributed by atoms with Crippen molar-refractivity contribution < 1.29 is 19.1 Å². The molecule has 0 unspecified atom stereocenters. The average molecular weight is 315 g/mol. The van der Waals surface area contributed by atoms with E-state index < -0.39 is 23.2 Å². The van der Waals surface area contributed by atoms with Crippen molar-refractivity contribution in [2.75, 3.05) is 5.32 Å². The quantitative estimate of drug-likeness (QED) is 0.897. The summed E-state index contributed by atoms with van der Waals surface area (Å²) in [6, 6.07) is 7.05. The van der Waals surface area contributed by atoms with Gasteiger partial charge in [0.05, 0.1) is 23.1 Å². The van der Waals surface area contributed by atoms with Crippen LogP contribution in [0.3, 0.4) is 0 Å². The second kappa shape index (κ2) is 5.19. The third kappa shape index (κ3) is 2.58. The van der Waals surface area contributed by atoms with Crippen LogP contribution in [0.15, 0.2) is 28.7 Å². The number of nitrogens with zero attached hydrogens (tertiary/aromatic N) is 2. The number of para-hydroxylation sites is 1. The molecule has 23 heavy (non-hydrogen) atoms. The first-order valence-corrected chi connectivity index (χ1v) is 7.25. The molecule has 1 aliphatic carbocycles. The molecule has 1 fully saturated rings. The zero-order valence-corrected chi connectivity index (χ0v) is 13.0. The molecule has 0 saturated heterocycles. The Morgan fingerprint density at radius 3 is 2.48 bits per heavy atom. The van der Waals surface area contributed by atoms with Crippen molar-refractivity contribution in [3.05, 3.63) is 30.2 Å². The van der Waals surface area contributed by atoms with E-state index in [1.807, 2.05) is 0 Å². The van der Waals surface area contributed by atoms with E-state index in [2.05, 4.69) is 15.5 Å². The van der Waals surface area contributed by atoms with E-state index in [1.54, 1.807) is 45.0 Å². The minimum absolute atomic E-state index is 0.309. The zero-order chi connectivity index (χ0) is 16.8. The van der Waals surface area contributed by atoms with Gasteiger partial charge in [-0.3, -0.25) is 9.59 Å². The summed E-state index contributed by atoms with van der Waals surface area (Å²) in [5, 5.41) is 19.7. The summed E-state index contributed by atoms with van der Waals surface area (Å²) in [6.45, 7) is 5.24. The maximum Gasteiger partial charge on any atom is 0.307 e. The Kier molecular flexibility index (Phi) is 3.43. The number of rotatable bonds is 4. The van der Waals surface area contributed by atoms with Crippen LogP contribution in [0.1, 0.15) is 19.7 Å². The summed E-state index contributed by atoms with van der Waals surface area (Å²) in [6.07, 6.45) is 0. The first-order chi connectivity index (χ1) is 10.8. The van der Waals surface area contributed by atoms with Crippen LogP contribution in [0.25, 0.3) is 11.5 Å². The predicted molar refractivity (Wildman–Crippen MR) is 81.5 cm³/mol. The Morgan fingerprint density at radius 2 is 1.91 bits per heavy atom. The molecular formula is C16H17N3O4. The zero-order valence-electron chi connectivity index (χ0n) is 13.0. The third-order valence-corrected chi connectivity index (χ3v) is 4.32. The summed E-state index contributed by atoms with van der Waals surface area (Å²) < 4.78 is 5.40. The standard InChI is InChI=1S/C16H17N3O4/c1-8-18-19-14(23-8)9-6-4-5-7-10(9)17-13(20)11-12(15(21)22)16(11,2)3/h4-7,11-12H,1-3H3,(H,17,20)(H,21,22)/t11-,12-/m1/s1. The lowest BCUT2D eigenvalue weighted by Crippen LogP contribution is -2.18. The van der Waals surface area contributed by atoms with Crippen LogP contribution in [0.4, 0.5) is 5.69 Å². The Bertz CT molecular complexity index is 781. The van der Waals surface area contributed by atoms with Crippen LogP contribution < -0.4 is 5.32 Å². The summed E-state index contributed by atoms with van der Waals surface area (Å²) in [4.78, 5) is 23.7. The lowest BCUT2D eigenvalue weighted by atomic mass is 10.1. The number of hydrogen-bond donors (Lipinski definition) is 2. The van der Waals surface area contributed by atoms with Crippen molar-refractivity contribution in [2.24, 2.45) is 17.3 Å². The Morgan fingerprint density at radius 1 is 1.22 bits per heavy atom. The van der Waals surface area contributed by atoms with Gasteiger partial charge in [0.2, 0.25) is 17.7 Å². The van der Waals surface area contributed by atoms with Gasteiger partial charge >= 0.3 is 5.97 Å². The molecule has 7 nitrogen and oxygen atoms in total. The van der Waals surface area contributed by atoms with E-state index in [0.717, 1.165) is 0 Å². The van der Waals surface area contributed by atoms with E-state index in [4.69, 9.17) is 4.42 Å². The van der Waals surface area contributed by atoms with Crippen molar-refractivity contribution in [1.29, 1.82) is 0 Å². The molecule has 0 bridgehead atoms. The number of benzene rings is 1. The van der Waals surface area contributed by atoms with Crippen LogP contribution in [0, 0.1) is 24.2 Å². The number of hydrogen-bond acceptors (Lipinski definition) is 5. The maximum absolute atomic E-state index is 12.5. The fraction of sp³-hybridized carbons (Fsp3) is 0.375. The van der Waals surface area contributed by atoms with Gasteiger partial charge in [-0.1, -0.05) is 26.0 Å². The Hall–Kier alpha value is -2.70. The topological polar surface area (TPSA) is 105 Å². The number of carboxylic acids is 1. The molecule has 1 heterocycles. The van der Waals surface area contributed by atoms with Gasteiger partial charge in [-0.05, 0) is 17.5 Å². The number of aromatic nitrogens is 2. The highest BCUT2D eigenvalue weighted by molar-refractivity contribution is 6.01. The van der Waals surface area contributed by atoms with Gasteiger partial charge in [-0.15, -0.1) is 10.2 Å². The molecule has 7 heteroatoms. The number of nitrogens with one attached hydrogen (secondary N) is 1. The van der Waals surface area contributed by atoms with Crippen molar-refractivity contribution in [2.45, 2.75) is 20.8 Å². The van der Waals surface area contributed by atoms with Crippen molar-refractivity contribution >= 4 is 17.6 Å². The highest BCUT2D eigenvalue weighted by Gasteiger charge is 2.65. The predicted octanol–water partition coefficient (Wildman–Crippen LogP) is 2.34. The van der Waals surface area contributed by atoms with Crippen LogP contribution in [-0.2, 0) is 9.59 Å². The highest BCUT2D eigenvalue weighted by atomic mass is 16.4. The summed E-state index contributed by atoms with van der Waals surface area (Å²) in [5.74, 6) is -1.75. The largest absolute Gasteiger partial charge is 0.481 e. The molecule has 2 atom stereocenters. The number of amides is 1. The first-order valence-electron chi connectivity index (χ1n) is 7.25. The number of carboxylic acid groups (broad SMARTS) is 1. The summed E-state index contributed by atoms with van der Waals surface area (Å²) in [7, 11) is 0. The number of carbonyl (C=O) groups excluding carboxylic acids is 1. The monoisotopic (exact) mass is 315 g/mol. The first kappa shape index (κ1) is 15.2. The molecule has 1 aliphatic rings. The molecule has 2 aromatic rings. The molecule has 1 aromatic heterocycles. The molecule has 3 rings (SSSR count). The molecule has 1 amide bonds. The number of carbonyl (C=O) groups is 2. The van der Waals surface area contributed by atoms with Gasteiger partial charge in [-0.2, -0.15) is 0 Å². The molecule has 0 spiro atoms. The van der Waals surface area contributed by atoms with Gasteiger partial charge in [-0.25, -0.2) is 0 Å². The van der Waals surface area contributed by atoms with E-state index in [1.165, 1.54) is 0 Å². The normalized spacial score (nSPS) is 21.7. The lowest BCUT2D eigenvalue weighted by Gasteiger charge is -2.09. The fourth-order valence-corrected chi connectivity index (χ4v) is 2.98. The molecule has 120 valence electrons. The average Bonchev–Trinajstić information content (AvgIpc) is 2.83. The van der Waals surface area contributed by atoms with E-state index in [-0.39, 0.29) is 5.91 Å². The third-order valence-electron chi connectivity index (χ3n) is 4.32. The van der Waals surface area contributed by atoms with Crippen LogP contribution in [-0.4, -0.2) is 27.2 Å². The van der Waals surface area contributed by atoms with Gasteiger partial charge in [0.25, 0.3) is 0 Å². The number of anilines is 1. The van der Waals surface area contributed by atoms with Crippen LogP contribution in [0.5, 0.6) is 0 Å². The van der Waals surface area contributed by atoms with Crippen molar-refractivity contribution in [3.8, 4) is 11.5 Å².